The van der Waals surface area contributed by atoms with Crippen molar-refractivity contribution in [2.45, 2.75) is 26.7 Å². The van der Waals surface area contributed by atoms with Gasteiger partial charge in [0.05, 0.1) is 4.99 Å². The van der Waals surface area contributed by atoms with Crippen LogP contribution in [0.15, 0.2) is 24.3 Å². The summed E-state index contributed by atoms with van der Waals surface area (Å²) in [6, 6.07) is 7.78. The maximum atomic E-state index is 11.8. The van der Waals surface area contributed by atoms with E-state index in [0.717, 1.165) is 17.7 Å². The zero-order valence-corrected chi connectivity index (χ0v) is 11.0. The van der Waals surface area contributed by atoms with E-state index in [0.29, 0.717) is 11.4 Å². The lowest BCUT2D eigenvalue weighted by molar-refractivity contribution is -0.116. The van der Waals surface area contributed by atoms with Gasteiger partial charge in [0.1, 0.15) is 0 Å². The predicted molar refractivity (Wildman–Crippen MR) is 75.0 cm³/mol. The molecule has 0 aliphatic heterocycles. The summed E-state index contributed by atoms with van der Waals surface area (Å²) in [7, 11) is 0. The number of carbonyl (C=O) groups excluding carboxylic acids is 1. The number of aryl methyl sites for hydroxylation is 1. The van der Waals surface area contributed by atoms with Crippen LogP contribution in [0.3, 0.4) is 0 Å². The van der Waals surface area contributed by atoms with Crippen LogP contribution in [0.4, 0.5) is 5.69 Å². The average Bonchev–Trinajstić information content (AvgIpc) is 2.29. The molecule has 0 spiro atoms. The summed E-state index contributed by atoms with van der Waals surface area (Å²) in [4.78, 5) is 12.1. The smallest absolute Gasteiger partial charge is 0.225 e. The van der Waals surface area contributed by atoms with Crippen molar-refractivity contribution in [2.24, 2.45) is 11.7 Å². The molecule has 4 heteroatoms. The van der Waals surface area contributed by atoms with E-state index in [-0.39, 0.29) is 11.8 Å². The number of para-hydroxylation sites is 1. The number of benzene rings is 1. The quantitative estimate of drug-likeness (QED) is 0.789. The number of carbonyl (C=O) groups is 1. The van der Waals surface area contributed by atoms with E-state index >= 15 is 0 Å². The Kier molecular flexibility index (Phi) is 5.10. The van der Waals surface area contributed by atoms with Gasteiger partial charge in [0.15, 0.2) is 0 Å². The van der Waals surface area contributed by atoms with E-state index in [9.17, 15) is 4.79 Å². The maximum Gasteiger partial charge on any atom is 0.225 e. The van der Waals surface area contributed by atoms with Gasteiger partial charge in [-0.05, 0) is 18.1 Å². The molecular weight excluding hydrogens is 232 g/mol. The molecule has 1 aromatic carbocycles. The Morgan fingerprint density at radius 3 is 2.71 bits per heavy atom. The van der Waals surface area contributed by atoms with Crippen LogP contribution in [0.2, 0.25) is 0 Å². The predicted octanol–water partition coefficient (Wildman–Crippen LogP) is 2.50. The average molecular weight is 250 g/mol. The second kappa shape index (κ2) is 6.35. The van der Waals surface area contributed by atoms with Gasteiger partial charge in [-0.25, -0.2) is 0 Å². The van der Waals surface area contributed by atoms with Crippen molar-refractivity contribution in [3.63, 3.8) is 0 Å². The topological polar surface area (TPSA) is 55.1 Å². The fraction of sp³-hybridized carbons (Fsp3) is 0.385. The molecule has 1 amide bonds. The molecule has 0 saturated heterocycles. The number of nitrogens with two attached hydrogens (primary N) is 1. The molecule has 1 rings (SSSR count). The first-order valence-corrected chi connectivity index (χ1v) is 6.12. The second-order valence-corrected chi connectivity index (χ2v) is 4.54. The molecule has 3 nitrogen and oxygen atoms in total. The summed E-state index contributed by atoms with van der Waals surface area (Å²) in [6.45, 7) is 3.91. The second-order valence-electron chi connectivity index (χ2n) is 4.07. The van der Waals surface area contributed by atoms with Crippen LogP contribution in [0.5, 0.6) is 0 Å². The number of amides is 1. The molecule has 0 radical (unpaired) electrons. The third kappa shape index (κ3) is 4.15. The highest BCUT2D eigenvalue weighted by Crippen LogP contribution is 2.16. The van der Waals surface area contributed by atoms with Gasteiger partial charge in [0, 0.05) is 18.0 Å². The van der Waals surface area contributed by atoms with Crippen molar-refractivity contribution in [3.8, 4) is 0 Å². The highest BCUT2D eigenvalue weighted by atomic mass is 32.1. The van der Waals surface area contributed by atoms with Gasteiger partial charge in [-0.15, -0.1) is 0 Å². The molecule has 0 aromatic heterocycles. The molecule has 0 fully saturated rings. The van der Waals surface area contributed by atoms with E-state index < -0.39 is 0 Å². The summed E-state index contributed by atoms with van der Waals surface area (Å²) in [5.74, 6) is -0.120. The summed E-state index contributed by atoms with van der Waals surface area (Å²) in [5.41, 5.74) is 7.48. The van der Waals surface area contributed by atoms with Gasteiger partial charge in [0.2, 0.25) is 5.91 Å². The zero-order valence-electron chi connectivity index (χ0n) is 10.2. The van der Waals surface area contributed by atoms with Crippen molar-refractivity contribution >= 4 is 28.8 Å². The summed E-state index contributed by atoms with van der Waals surface area (Å²) >= 11 is 4.85. The molecule has 0 heterocycles. The molecule has 1 unspecified atom stereocenters. The first kappa shape index (κ1) is 13.6. The normalized spacial score (nSPS) is 11.9. The van der Waals surface area contributed by atoms with Crippen molar-refractivity contribution < 1.29 is 4.79 Å². The van der Waals surface area contributed by atoms with Gasteiger partial charge in [0.25, 0.3) is 0 Å². The van der Waals surface area contributed by atoms with Crippen LogP contribution in [0.25, 0.3) is 0 Å². The minimum atomic E-state index is -0.0706. The van der Waals surface area contributed by atoms with Crippen LogP contribution in [0.1, 0.15) is 25.8 Å². The Bertz CT molecular complexity index is 418. The van der Waals surface area contributed by atoms with Crippen LogP contribution in [0, 0.1) is 5.92 Å². The molecule has 1 aromatic rings. The molecule has 0 aliphatic rings. The number of rotatable bonds is 5. The summed E-state index contributed by atoms with van der Waals surface area (Å²) in [6.07, 6.45) is 1.22. The largest absolute Gasteiger partial charge is 0.393 e. The zero-order chi connectivity index (χ0) is 12.8. The fourth-order valence-electron chi connectivity index (χ4n) is 1.53. The molecule has 1 atom stereocenters. The van der Waals surface area contributed by atoms with Crippen LogP contribution in [-0.4, -0.2) is 10.9 Å². The number of thiocarbonyl (C=S) groups is 1. The molecule has 0 aliphatic carbocycles. The lowest BCUT2D eigenvalue weighted by Gasteiger charge is -2.12. The lowest BCUT2D eigenvalue weighted by Crippen LogP contribution is -2.24. The number of hydrogen-bond acceptors (Lipinski definition) is 2. The molecule has 17 heavy (non-hydrogen) atoms. The van der Waals surface area contributed by atoms with Gasteiger partial charge in [-0.3, -0.25) is 4.79 Å². The Hall–Kier alpha value is -1.42. The lowest BCUT2D eigenvalue weighted by atomic mass is 10.1. The van der Waals surface area contributed by atoms with E-state index in [1.807, 2.05) is 31.2 Å². The van der Waals surface area contributed by atoms with E-state index in [2.05, 4.69) is 12.2 Å². The molecule has 3 N–H and O–H groups in total. The molecule has 0 bridgehead atoms. The van der Waals surface area contributed by atoms with Gasteiger partial charge in [-0.2, -0.15) is 0 Å². The monoisotopic (exact) mass is 250 g/mol. The fourth-order valence-corrected chi connectivity index (χ4v) is 1.61. The highest BCUT2D eigenvalue weighted by Gasteiger charge is 2.12. The van der Waals surface area contributed by atoms with Crippen LogP contribution in [-0.2, 0) is 11.2 Å². The van der Waals surface area contributed by atoms with Gasteiger partial charge in [-0.1, -0.05) is 44.3 Å². The third-order valence-corrected chi connectivity index (χ3v) is 3.05. The molecule has 0 saturated carbocycles. The highest BCUT2D eigenvalue weighted by molar-refractivity contribution is 7.80. The number of anilines is 1. The Morgan fingerprint density at radius 1 is 1.47 bits per heavy atom. The minimum Gasteiger partial charge on any atom is -0.393 e. The van der Waals surface area contributed by atoms with Crippen LogP contribution >= 0.6 is 12.2 Å². The maximum absolute atomic E-state index is 11.8. The number of nitrogens with one attached hydrogen (secondary N) is 1. The Morgan fingerprint density at radius 2 is 2.12 bits per heavy atom. The summed E-state index contributed by atoms with van der Waals surface area (Å²) in [5, 5.41) is 2.89. The van der Waals surface area contributed by atoms with E-state index in [1.165, 1.54) is 0 Å². The molecule has 92 valence electrons. The van der Waals surface area contributed by atoms with Crippen LogP contribution < -0.4 is 11.1 Å². The third-order valence-electron chi connectivity index (χ3n) is 2.65. The van der Waals surface area contributed by atoms with Gasteiger partial charge >= 0.3 is 0 Å². The van der Waals surface area contributed by atoms with E-state index in [4.69, 9.17) is 18.0 Å². The first-order chi connectivity index (χ1) is 8.04. The standard InChI is InChI=1S/C13H18N2OS/c1-3-10-6-4-5-7-11(10)15-12(16)8-9(2)13(14)17/h4-7,9H,3,8H2,1-2H3,(H2,14,17)(H,15,16). The number of hydrogen-bond donors (Lipinski definition) is 2. The SMILES string of the molecule is CCc1ccccc1NC(=O)CC(C)C(N)=S. The Labute approximate surface area is 107 Å². The first-order valence-electron chi connectivity index (χ1n) is 5.71. The Balaban J connectivity index is 2.65. The molecular formula is C13H18N2OS. The van der Waals surface area contributed by atoms with Crippen molar-refractivity contribution in [3.05, 3.63) is 29.8 Å². The minimum absolute atomic E-state index is 0.0498. The van der Waals surface area contributed by atoms with Crippen molar-refractivity contribution in [1.29, 1.82) is 0 Å². The van der Waals surface area contributed by atoms with E-state index in [1.54, 1.807) is 0 Å². The van der Waals surface area contributed by atoms with Crippen molar-refractivity contribution in [2.75, 3.05) is 5.32 Å². The van der Waals surface area contributed by atoms with Crippen molar-refractivity contribution in [1.82, 2.24) is 0 Å². The van der Waals surface area contributed by atoms with Gasteiger partial charge < -0.3 is 11.1 Å². The summed E-state index contributed by atoms with van der Waals surface area (Å²) < 4.78 is 0.